The van der Waals surface area contributed by atoms with Gasteiger partial charge in [-0.2, -0.15) is 0 Å². The lowest BCUT2D eigenvalue weighted by atomic mass is 9.93. The van der Waals surface area contributed by atoms with Crippen LogP contribution in [0.25, 0.3) is 0 Å². The van der Waals surface area contributed by atoms with E-state index in [-0.39, 0.29) is 11.7 Å². The van der Waals surface area contributed by atoms with E-state index in [4.69, 9.17) is 14.7 Å². The van der Waals surface area contributed by atoms with Gasteiger partial charge in [0.25, 0.3) is 0 Å². The third-order valence-corrected chi connectivity index (χ3v) is 5.76. The highest BCUT2D eigenvalue weighted by atomic mass is 17.1. The van der Waals surface area contributed by atoms with Crippen molar-refractivity contribution in [2.24, 2.45) is 0 Å². The van der Waals surface area contributed by atoms with Crippen LogP contribution in [-0.4, -0.2) is 29.4 Å². The zero-order chi connectivity index (χ0) is 17.3. The zero-order valence-corrected chi connectivity index (χ0v) is 15.3. The number of ether oxygens (including phenoxy) is 2. The summed E-state index contributed by atoms with van der Waals surface area (Å²) < 4.78 is 11.8. The van der Waals surface area contributed by atoms with Crippen LogP contribution in [0, 0.1) is 0 Å². The minimum atomic E-state index is -0.635. The van der Waals surface area contributed by atoms with Gasteiger partial charge in [0.05, 0.1) is 11.7 Å². The summed E-state index contributed by atoms with van der Waals surface area (Å²) in [5.41, 5.74) is 5.03. The lowest BCUT2D eigenvalue weighted by Gasteiger charge is -2.14. The Morgan fingerprint density at radius 3 is 2.71 bits per heavy atom. The van der Waals surface area contributed by atoms with Gasteiger partial charge in [0.1, 0.15) is 6.10 Å². The fourth-order valence-electron chi connectivity index (χ4n) is 3.89. The number of rotatable bonds is 1. The Bertz CT molecular complexity index is 574. The summed E-state index contributed by atoms with van der Waals surface area (Å²) in [6, 6.07) is 0. The van der Waals surface area contributed by atoms with E-state index in [2.05, 4.69) is 37.8 Å². The third-order valence-electron chi connectivity index (χ3n) is 5.76. The van der Waals surface area contributed by atoms with Crippen molar-refractivity contribution in [3.63, 3.8) is 0 Å². The first-order valence-corrected chi connectivity index (χ1v) is 9.09. The van der Waals surface area contributed by atoms with E-state index in [1.54, 1.807) is 0 Å². The van der Waals surface area contributed by atoms with Crippen molar-refractivity contribution < 1.29 is 19.6 Å². The highest BCUT2D eigenvalue weighted by Crippen LogP contribution is 2.44. The van der Waals surface area contributed by atoms with Gasteiger partial charge >= 0.3 is 0 Å². The monoisotopic (exact) mass is 334 g/mol. The lowest BCUT2D eigenvalue weighted by molar-refractivity contribution is -0.330. The molecule has 0 aromatic carbocycles. The maximum atomic E-state index is 9.08. The molecule has 0 bridgehead atoms. The fourth-order valence-corrected chi connectivity index (χ4v) is 3.89. The summed E-state index contributed by atoms with van der Waals surface area (Å²) in [7, 11) is 0. The molecule has 0 radical (unpaired) electrons. The van der Waals surface area contributed by atoms with Gasteiger partial charge in [0.2, 0.25) is 6.29 Å². The summed E-state index contributed by atoms with van der Waals surface area (Å²) in [5, 5.41) is 9.08. The molecule has 1 saturated heterocycles. The molecule has 2 heterocycles. The van der Waals surface area contributed by atoms with Crippen LogP contribution in [-0.2, 0) is 14.4 Å². The van der Waals surface area contributed by atoms with Crippen LogP contribution in [0.5, 0.6) is 0 Å². The van der Waals surface area contributed by atoms with Gasteiger partial charge in [-0.3, -0.25) is 0 Å². The van der Waals surface area contributed by atoms with Crippen molar-refractivity contribution in [2.75, 3.05) is 0 Å². The second-order valence-electron chi connectivity index (χ2n) is 7.76. The van der Waals surface area contributed by atoms with Crippen LogP contribution in [0.1, 0.15) is 66.2 Å². The molecule has 0 aromatic rings. The maximum absolute atomic E-state index is 9.08. The number of hydrogen-bond donors (Lipinski definition) is 1. The predicted molar refractivity (Wildman–Crippen MR) is 93.6 cm³/mol. The van der Waals surface area contributed by atoms with Gasteiger partial charge in [-0.1, -0.05) is 23.3 Å². The van der Waals surface area contributed by atoms with Crippen LogP contribution < -0.4 is 0 Å². The zero-order valence-electron chi connectivity index (χ0n) is 15.3. The maximum Gasteiger partial charge on any atom is 0.214 e. The first-order chi connectivity index (χ1) is 11.4. The van der Waals surface area contributed by atoms with Crippen molar-refractivity contribution in [3.05, 3.63) is 34.4 Å². The van der Waals surface area contributed by atoms with Gasteiger partial charge in [0, 0.05) is 0 Å². The summed E-state index contributed by atoms with van der Waals surface area (Å²) in [4.78, 5) is 4.50. The Balaban J connectivity index is 1.80. The number of allylic oxidation sites excluding steroid dienone is 3. The van der Waals surface area contributed by atoms with Crippen molar-refractivity contribution in [1.82, 2.24) is 0 Å². The third kappa shape index (κ3) is 3.83. The lowest BCUT2D eigenvalue weighted by Crippen LogP contribution is -2.15. The normalized spacial score (nSPS) is 38.0. The molecule has 1 fully saturated rings. The fraction of sp³-hybridized carbons (Fsp3) is 0.700. The van der Waals surface area contributed by atoms with Gasteiger partial charge in [-0.25, -0.2) is 10.1 Å². The predicted octanol–water partition coefficient (Wildman–Crippen LogP) is 4.92. The van der Waals surface area contributed by atoms with E-state index >= 15 is 0 Å². The molecule has 0 aromatic heterocycles. The van der Waals surface area contributed by atoms with Crippen LogP contribution in [0.2, 0.25) is 0 Å². The molecule has 4 nitrogen and oxygen atoms in total. The highest BCUT2D eigenvalue weighted by Gasteiger charge is 2.50. The molecule has 2 aliphatic heterocycles. The molecule has 3 aliphatic rings. The SMILES string of the molecule is CC1=CCCC2(C)OC2CCC(C)=CC2OC(OO)C(C)=C2CC1. The first-order valence-electron chi connectivity index (χ1n) is 9.09. The molecule has 4 heteroatoms. The molecule has 0 amide bonds. The minimum Gasteiger partial charge on any atom is -0.366 e. The average molecular weight is 334 g/mol. The largest absolute Gasteiger partial charge is 0.366 e. The molecule has 4 atom stereocenters. The molecular formula is C20H30O4. The van der Waals surface area contributed by atoms with Crippen LogP contribution in [0.15, 0.2) is 34.4 Å². The topological polar surface area (TPSA) is 51.2 Å². The summed E-state index contributed by atoms with van der Waals surface area (Å²) in [6.45, 7) is 8.58. The molecule has 134 valence electrons. The van der Waals surface area contributed by atoms with E-state index < -0.39 is 6.29 Å². The number of epoxide rings is 1. The molecule has 4 unspecified atom stereocenters. The molecular weight excluding hydrogens is 304 g/mol. The van der Waals surface area contributed by atoms with Gasteiger partial charge in [0.15, 0.2) is 0 Å². The number of hydrogen-bond acceptors (Lipinski definition) is 4. The summed E-state index contributed by atoms with van der Waals surface area (Å²) in [6.07, 6.45) is 10.4. The van der Waals surface area contributed by atoms with E-state index in [0.29, 0.717) is 6.10 Å². The Labute approximate surface area is 145 Å². The van der Waals surface area contributed by atoms with E-state index in [1.165, 1.54) is 16.7 Å². The molecule has 0 spiro atoms. The van der Waals surface area contributed by atoms with E-state index in [1.807, 2.05) is 6.92 Å². The standard InChI is InChI=1S/C20H30O4/c1-13-6-5-11-20(4)18(23-20)10-8-14(2)12-17-16(9-7-13)15(3)19(22-17)24-21/h6,12,17-19,21H,5,7-11H2,1-4H3. The van der Waals surface area contributed by atoms with E-state index in [9.17, 15) is 0 Å². The van der Waals surface area contributed by atoms with Gasteiger partial charge < -0.3 is 9.47 Å². The van der Waals surface area contributed by atoms with Gasteiger partial charge in [-0.15, -0.1) is 0 Å². The van der Waals surface area contributed by atoms with Crippen LogP contribution in [0.3, 0.4) is 0 Å². The van der Waals surface area contributed by atoms with Crippen molar-refractivity contribution in [1.29, 1.82) is 0 Å². The van der Waals surface area contributed by atoms with Gasteiger partial charge in [-0.05, 0) is 77.4 Å². The Hall–Kier alpha value is -0.940. The number of fused-ring (bicyclic) bond motifs is 2. The van der Waals surface area contributed by atoms with Crippen molar-refractivity contribution in [2.45, 2.75) is 90.3 Å². The smallest absolute Gasteiger partial charge is 0.214 e. The summed E-state index contributed by atoms with van der Waals surface area (Å²) in [5.74, 6) is 0. The quantitative estimate of drug-likeness (QED) is 0.320. The molecule has 0 saturated carbocycles. The Morgan fingerprint density at radius 1 is 1.17 bits per heavy atom. The van der Waals surface area contributed by atoms with Crippen molar-refractivity contribution >= 4 is 0 Å². The van der Waals surface area contributed by atoms with Crippen LogP contribution >= 0.6 is 0 Å². The molecule has 3 rings (SSSR count). The Morgan fingerprint density at radius 2 is 1.96 bits per heavy atom. The average Bonchev–Trinajstić information content (AvgIpc) is 3.09. The molecule has 1 N–H and O–H groups in total. The second-order valence-corrected chi connectivity index (χ2v) is 7.76. The Kier molecular flexibility index (Phi) is 5.30. The molecule has 1 aliphatic carbocycles. The molecule has 24 heavy (non-hydrogen) atoms. The first kappa shape index (κ1) is 17.9. The highest BCUT2D eigenvalue weighted by molar-refractivity contribution is 5.30. The summed E-state index contributed by atoms with van der Waals surface area (Å²) >= 11 is 0. The second kappa shape index (κ2) is 7.12. The van der Waals surface area contributed by atoms with Crippen molar-refractivity contribution in [3.8, 4) is 0 Å². The minimum absolute atomic E-state index is 0.0719. The van der Waals surface area contributed by atoms with E-state index in [0.717, 1.165) is 44.1 Å². The van der Waals surface area contributed by atoms with Crippen LogP contribution in [0.4, 0.5) is 0 Å².